The Hall–Kier alpha value is -1.49. The van der Waals surface area contributed by atoms with Crippen LogP contribution >= 0.6 is 0 Å². The minimum absolute atomic E-state index is 0.468. The molecule has 0 aliphatic carbocycles. The first kappa shape index (κ1) is 15.6. The Morgan fingerprint density at radius 1 is 0.947 bits per heavy atom. The molecule has 0 radical (unpaired) electrons. The van der Waals surface area contributed by atoms with Crippen molar-refractivity contribution in [3.63, 3.8) is 0 Å². The van der Waals surface area contributed by atoms with Gasteiger partial charge in [0.15, 0.2) is 0 Å². The molecule has 1 atom stereocenters. The van der Waals surface area contributed by atoms with Crippen LogP contribution in [0.2, 0.25) is 0 Å². The van der Waals surface area contributed by atoms with E-state index < -0.39 is 11.3 Å². The normalized spacial score (nSPS) is 11.3. The molecule has 2 aromatic rings. The molecule has 1 N–H and O–H groups in total. The highest BCUT2D eigenvalue weighted by Crippen LogP contribution is 2.07. The van der Waals surface area contributed by atoms with Crippen molar-refractivity contribution < 1.29 is 8.76 Å². The third-order valence-electron chi connectivity index (χ3n) is 2.36. The largest absolute Gasteiger partial charge is 0.760 e. The van der Waals surface area contributed by atoms with E-state index in [9.17, 15) is 8.76 Å². The van der Waals surface area contributed by atoms with Gasteiger partial charge in [0.2, 0.25) is 0 Å². The summed E-state index contributed by atoms with van der Waals surface area (Å²) >= 11 is -2.07. The molecule has 3 nitrogen and oxygen atoms in total. The molecule has 0 bridgehead atoms. The van der Waals surface area contributed by atoms with Gasteiger partial charge in [0.25, 0.3) is 0 Å². The highest BCUT2D eigenvalue weighted by molar-refractivity contribution is 7.77. The molecule has 1 unspecified atom stereocenters. The first-order valence-electron chi connectivity index (χ1n) is 6.13. The smallest absolute Gasteiger partial charge is 0.0180 e. The predicted molar refractivity (Wildman–Crippen MR) is 78.3 cm³/mol. The average molecular weight is 276 g/mol. The maximum atomic E-state index is 9.49. The second kappa shape index (κ2) is 9.44. The molecule has 0 fully saturated rings. The third kappa shape index (κ3) is 7.51. The molecule has 0 saturated heterocycles. The van der Waals surface area contributed by atoms with E-state index in [1.165, 1.54) is 11.1 Å². The molecule has 2 aromatic carbocycles. The molecule has 19 heavy (non-hydrogen) atoms. The summed E-state index contributed by atoms with van der Waals surface area (Å²) in [4.78, 5) is 0. The van der Waals surface area contributed by atoms with Crippen LogP contribution < -0.4 is 4.72 Å². The van der Waals surface area contributed by atoms with Gasteiger partial charge in [-0.3, -0.25) is 4.21 Å². The van der Waals surface area contributed by atoms with Gasteiger partial charge >= 0.3 is 0 Å². The van der Waals surface area contributed by atoms with Crippen LogP contribution in [0.25, 0.3) is 0 Å². The fourth-order valence-electron chi connectivity index (χ4n) is 1.55. The number of rotatable bonds is 4. The lowest BCUT2D eigenvalue weighted by Gasteiger charge is -2.00. The fourth-order valence-corrected chi connectivity index (χ4v) is 1.78. The molecule has 2 rings (SSSR count). The van der Waals surface area contributed by atoms with Crippen LogP contribution in [0, 0.1) is 0 Å². The summed E-state index contributed by atoms with van der Waals surface area (Å²) in [7, 11) is 0. The Morgan fingerprint density at radius 2 is 1.37 bits per heavy atom. The summed E-state index contributed by atoms with van der Waals surface area (Å²) in [6.07, 6.45) is 1.03. The van der Waals surface area contributed by atoms with Crippen molar-refractivity contribution in [3.05, 3.63) is 71.8 Å². The zero-order valence-corrected chi connectivity index (χ0v) is 11.7. The molecule has 0 amide bonds. The van der Waals surface area contributed by atoms with Crippen molar-refractivity contribution in [1.29, 1.82) is 0 Å². The SMILES string of the molecule is CCNS(=O)[O-].c1ccc(Cc2ccccc2)cc1. The van der Waals surface area contributed by atoms with Gasteiger partial charge < -0.3 is 4.55 Å². The molecule has 0 aliphatic heterocycles. The van der Waals surface area contributed by atoms with Gasteiger partial charge in [0.1, 0.15) is 0 Å². The summed E-state index contributed by atoms with van der Waals surface area (Å²) in [6, 6.07) is 21.1. The van der Waals surface area contributed by atoms with Crippen molar-refractivity contribution >= 4 is 11.3 Å². The van der Waals surface area contributed by atoms with Crippen molar-refractivity contribution in [2.45, 2.75) is 13.3 Å². The Balaban J connectivity index is 0.000000258. The minimum Gasteiger partial charge on any atom is -0.760 e. The van der Waals surface area contributed by atoms with E-state index in [0.29, 0.717) is 6.54 Å². The maximum absolute atomic E-state index is 9.49. The Kier molecular flexibility index (Phi) is 7.74. The van der Waals surface area contributed by atoms with Gasteiger partial charge in [-0.1, -0.05) is 67.6 Å². The quantitative estimate of drug-likeness (QED) is 0.873. The molecule has 102 valence electrons. The van der Waals surface area contributed by atoms with Crippen molar-refractivity contribution in [1.82, 2.24) is 4.72 Å². The first-order valence-corrected chi connectivity index (χ1v) is 7.20. The number of nitrogens with one attached hydrogen (secondary N) is 1. The van der Waals surface area contributed by atoms with Gasteiger partial charge in [0, 0.05) is 17.8 Å². The summed E-state index contributed by atoms with van der Waals surface area (Å²) in [5, 5.41) is 0. The summed E-state index contributed by atoms with van der Waals surface area (Å²) in [6.45, 7) is 2.19. The van der Waals surface area contributed by atoms with Crippen LogP contribution in [-0.4, -0.2) is 15.3 Å². The monoisotopic (exact) mass is 276 g/mol. The highest BCUT2D eigenvalue weighted by Gasteiger charge is 1.92. The van der Waals surface area contributed by atoms with E-state index in [1.807, 2.05) is 0 Å². The van der Waals surface area contributed by atoms with E-state index in [-0.39, 0.29) is 0 Å². The lowest BCUT2D eigenvalue weighted by molar-refractivity contribution is 0.525. The topological polar surface area (TPSA) is 52.2 Å². The second-order valence-electron chi connectivity index (χ2n) is 3.88. The second-order valence-corrected chi connectivity index (χ2v) is 4.64. The Morgan fingerprint density at radius 3 is 1.63 bits per heavy atom. The molecule has 0 aromatic heterocycles. The summed E-state index contributed by atoms with van der Waals surface area (Å²) in [5.41, 5.74) is 2.74. The van der Waals surface area contributed by atoms with Crippen molar-refractivity contribution in [2.75, 3.05) is 6.54 Å². The number of hydrogen-bond acceptors (Lipinski definition) is 2. The molecule has 0 heterocycles. The summed E-state index contributed by atoms with van der Waals surface area (Å²) in [5.74, 6) is 0. The molecule has 4 heteroatoms. The Labute approximate surface area is 117 Å². The fraction of sp³-hybridized carbons (Fsp3) is 0.200. The zero-order chi connectivity index (χ0) is 13.9. The van der Waals surface area contributed by atoms with Crippen LogP contribution in [-0.2, 0) is 17.7 Å². The standard InChI is InChI=1S/C13H12.C2H7NO2S/c1-3-7-12(8-4-1)11-13-9-5-2-6-10-13;1-2-3-6(4)5/h1-10H,11H2;3H,2H2,1H3,(H,4,5)/p-1. The van der Waals surface area contributed by atoms with Crippen molar-refractivity contribution in [3.8, 4) is 0 Å². The van der Waals surface area contributed by atoms with E-state index in [0.717, 1.165) is 6.42 Å². The zero-order valence-electron chi connectivity index (χ0n) is 10.9. The van der Waals surface area contributed by atoms with E-state index in [1.54, 1.807) is 6.92 Å². The van der Waals surface area contributed by atoms with Gasteiger partial charge in [-0.05, 0) is 17.5 Å². The first-order chi connectivity index (χ1) is 9.22. The molecular weight excluding hydrogens is 258 g/mol. The van der Waals surface area contributed by atoms with Gasteiger partial charge in [-0.15, -0.1) is 0 Å². The maximum Gasteiger partial charge on any atom is 0.0180 e. The summed E-state index contributed by atoms with van der Waals surface area (Å²) < 4.78 is 21.1. The Bertz CT molecular complexity index is 437. The lowest BCUT2D eigenvalue weighted by Crippen LogP contribution is -2.14. The molecule has 0 spiro atoms. The molecule has 0 aliphatic rings. The predicted octanol–water partition coefficient (Wildman–Crippen LogP) is 2.67. The third-order valence-corrected chi connectivity index (χ3v) is 2.88. The number of benzene rings is 2. The van der Waals surface area contributed by atoms with Crippen molar-refractivity contribution in [2.24, 2.45) is 0 Å². The molecular formula is C15H18NO2S-. The average Bonchev–Trinajstić information content (AvgIpc) is 2.41. The number of hydrogen-bond donors (Lipinski definition) is 1. The van der Waals surface area contributed by atoms with Crippen LogP contribution in [0.1, 0.15) is 18.1 Å². The van der Waals surface area contributed by atoms with Crippen LogP contribution in [0.5, 0.6) is 0 Å². The molecule has 0 saturated carbocycles. The van der Waals surface area contributed by atoms with Crippen LogP contribution in [0.3, 0.4) is 0 Å². The van der Waals surface area contributed by atoms with E-state index in [4.69, 9.17) is 0 Å². The van der Waals surface area contributed by atoms with E-state index in [2.05, 4.69) is 65.4 Å². The van der Waals surface area contributed by atoms with Gasteiger partial charge in [-0.25, -0.2) is 4.72 Å². The highest BCUT2D eigenvalue weighted by atomic mass is 32.2. The minimum atomic E-state index is -2.07. The van der Waals surface area contributed by atoms with Gasteiger partial charge in [0.05, 0.1) is 0 Å². The van der Waals surface area contributed by atoms with Crippen LogP contribution in [0.15, 0.2) is 60.7 Å². The lowest BCUT2D eigenvalue weighted by atomic mass is 10.1. The van der Waals surface area contributed by atoms with Crippen LogP contribution in [0.4, 0.5) is 0 Å². The van der Waals surface area contributed by atoms with Gasteiger partial charge in [-0.2, -0.15) is 0 Å². The van der Waals surface area contributed by atoms with E-state index >= 15 is 0 Å².